The van der Waals surface area contributed by atoms with Crippen molar-refractivity contribution < 1.29 is 8.22 Å². The van der Waals surface area contributed by atoms with Crippen LogP contribution in [0, 0.1) is 40.5 Å². The second-order valence-electron chi connectivity index (χ2n) is 38.9. The highest BCUT2D eigenvalue weighted by Crippen LogP contribution is 2.64. The summed E-state index contributed by atoms with van der Waals surface area (Å²) in [6, 6.07) is 128. The summed E-state index contributed by atoms with van der Waals surface area (Å²) in [7, 11) is 0. The number of fused-ring (bicyclic) bond motifs is 15. The van der Waals surface area contributed by atoms with Gasteiger partial charge in [0.15, 0.2) is 0 Å². The van der Waals surface area contributed by atoms with Crippen LogP contribution in [0.2, 0.25) is 0 Å². The van der Waals surface area contributed by atoms with Gasteiger partial charge in [-0.25, -0.2) is 0 Å². The Morgan fingerprint density at radius 1 is 0.291 bits per heavy atom. The molecule has 0 spiro atoms. The Morgan fingerprint density at radius 2 is 0.617 bits per heavy atom. The smallest absolute Gasteiger partial charge is 0.119 e. The Bertz CT molecular complexity index is 7340. The largest absolute Gasteiger partial charge is 0.345 e. The molecule has 0 saturated heterocycles. The van der Waals surface area contributed by atoms with Gasteiger partial charge >= 0.3 is 0 Å². The molecule has 10 heteroatoms. The van der Waals surface area contributed by atoms with Crippen LogP contribution >= 0.6 is 0 Å². The van der Waals surface area contributed by atoms with Gasteiger partial charge in [0.25, 0.3) is 0 Å². The predicted molar refractivity (Wildman–Crippen MR) is 601 cm³/mol. The molecule has 1 fully saturated rings. The highest BCUT2D eigenvalue weighted by Gasteiger charge is 2.61. The van der Waals surface area contributed by atoms with Gasteiger partial charge in [-0.2, -0.15) is 0 Å². The monoisotopic (exact) mass is 1870 g/mol. The number of hydrogen-bond donors (Lipinski definition) is 0. The molecule has 722 valence electrons. The molecule has 0 N–H and O–H groups in total. The van der Waals surface area contributed by atoms with Crippen LogP contribution in [0.5, 0.6) is 0 Å². The maximum absolute atomic E-state index is 9.72. The van der Waals surface area contributed by atoms with Crippen molar-refractivity contribution in [1.82, 2.24) is 24.5 Å². The summed E-state index contributed by atoms with van der Waals surface area (Å²) in [6.45, 7) is 31.3. The Kier molecular flexibility index (Phi) is 25.9. The third-order valence-electron chi connectivity index (χ3n) is 31.1. The molecule has 0 radical (unpaired) electrons. The van der Waals surface area contributed by atoms with Gasteiger partial charge in [0, 0.05) is 95.3 Å². The maximum Gasteiger partial charge on any atom is 0.119 e. The number of nitrogens with zero attached hydrogens (tertiary/aromatic N) is 10. The van der Waals surface area contributed by atoms with Gasteiger partial charge in [0.2, 0.25) is 0 Å². The molecule has 10 nitrogen and oxygen atoms in total. The lowest BCUT2D eigenvalue weighted by Gasteiger charge is -2.48. The fourth-order valence-electron chi connectivity index (χ4n) is 25.3. The van der Waals surface area contributed by atoms with E-state index in [0.29, 0.717) is 5.92 Å². The van der Waals surface area contributed by atoms with Crippen molar-refractivity contribution in [2.45, 2.75) is 240 Å². The van der Waals surface area contributed by atoms with E-state index in [1.54, 1.807) is 0 Å². The Hall–Kier alpha value is -14.2. The molecule has 1 aliphatic carbocycles. The molecule has 141 heavy (non-hydrogen) atoms. The van der Waals surface area contributed by atoms with E-state index in [4.69, 9.17) is 6.85 Å². The summed E-state index contributed by atoms with van der Waals surface area (Å²) in [4.78, 5) is 23.5. The minimum atomic E-state index is -2.15. The maximum atomic E-state index is 9.72. The van der Waals surface area contributed by atoms with Gasteiger partial charge < -0.3 is 49.0 Å². The van der Waals surface area contributed by atoms with E-state index in [9.17, 15) is 1.37 Å². The highest BCUT2D eigenvalue weighted by molar-refractivity contribution is 5.90. The van der Waals surface area contributed by atoms with Crippen LogP contribution in [-0.2, 0) is 23.1 Å². The summed E-state index contributed by atoms with van der Waals surface area (Å²) in [5.41, 5.74) is 40.1. The minimum Gasteiger partial charge on any atom is -0.345 e. The molecule has 10 aliphatic heterocycles. The van der Waals surface area contributed by atoms with Gasteiger partial charge in [-0.1, -0.05) is 384 Å². The molecule has 14 aromatic carbocycles. The third-order valence-corrected chi connectivity index (χ3v) is 31.1. The molecule has 0 bridgehead atoms. The minimum absolute atomic E-state index is 0. The lowest BCUT2D eigenvalue weighted by Crippen LogP contribution is -2.52. The molecule has 25 rings (SSSR count). The van der Waals surface area contributed by atoms with Crippen LogP contribution in [0.3, 0.4) is 0 Å². The average Bonchev–Trinajstić information content (AvgIpc) is 1.50. The normalized spacial score (nSPS) is 22.1. The number of aryl methyl sites for hydroxylation is 5. The summed E-state index contributed by atoms with van der Waals surface area (Å²) in [5, 5.41) is 0. The number of para-hydroxylation sites is 5. The molecule has 1 saturated carbocycles. The van der Waals surface area contributed by atoms with Crippen LogP contribution in [0.25, 0.3) is 28.5 Å². The van der Waals surface area contributed by atoms with E-state index in [2.05, 4.69) is 403 Å². The molecule has 14 aromatic rings. The van der Waals surface area contributed by atoms with E-state index in [0.717, 1.165) is 67.5 Å². The summed E-state index contributed by atoms with van der Waals surface area (Å²) >= 11 is 0. The zero-order chi connectivity index (χ0) is 99.1. The van der Waals surface area contributed by atoms with Crippen molar-refractivity contribution in [2.75, 3.05) is 24.5 Å². The number of rotatable bonds is 10. The predicted octanol–water partition coefficient (Wildman–Crippen LogP) is 33.1. The van der Waals surface area contributed by atoms with Crippen LogP contribution in [0.1, 0.15) is 266 Å². The molecule has 0 aromatic heterocycles. The number of hydrogen-bond acceptors (Lipinski definition) is 10. The fourth-order valence-corrected chi connectivity index (χ4v) is 25.3. The first-order valence-corrected chi connectivity index (χ1v) is 48.9. The van der Waals surface area contributed by atoms with Gasteiger partial charge in [-0.3, -0.25) is 0 Å². The molecular weight excluding hydrogens is 1710 g/mol. The Balaban J connectivity index is 0.000000131. The van der Waals surface area contributed by atoms with Crippen molar-refractivity contribution in [3.8, 4) is 0 Å². The molecule has 0 amide bonds. The average molecular weight is 1870 g/mol. The zero-order valence-corrected chi connectivity index (χ0v) is 81.4. The van der Waals surface area contributed by atoms with E-state index in [-0.39, 0.29) is 72.9 Å². The number of allylic oxidation sites excluding steroid dienone is 5. The standard InChI is InChI=1S/C31H28N2.C30H32N2.C25H24N2.C21H24N2.C19H20N2.5CH4/c1-22-14-10-13-21-29(22)32-23(2)30-27-19-11-12-20-28(27)31(33(30)24(32)3,25-15-6-4-7-16-25)26-17-8-5-9-18-26;1-21-13-7-12-20-28(21)31-22(2)29-26-18-10-11-19-27(26)30(32(29)23(31)3,25-16-8-9-17-25)24-14-5-4-6-15-24;1-17-11-7-10-16-23(17)26-18(2)24-21-14-8-9-15-22(21)25(27(24)19(26)3)20-12-5-4-6-13-20;1-14-10-6-9-13-19(14)22-15(2)20-17-11-7-8-12-18(17)21(4,5)23(20)16(22)3;1-13-8-4-7-11-18(13)21-14(2)19-17-10-6-5-9-16(17)12-20(19)15(21)3;;;;;/h4-21,24H,1-3H3;4-7,10-15,18-20,23,25H,8-9,16-17H2,1-3H3;4-16,19,25H,1-3H3;6-13,16H,1-5H3;4-11,15H,12H2,1-3H3;5*1H4/i;;25D;3D3;12D2;;;;;. The first-order valence-electron chi connectivity index (χ1n) is 51.9. The van der Waals surface area contributed by atoms with E-state index < -0.39 is 31.1 Å². The molecule has 7 unspecified atom stereocenters. The van der Waals surface area contributed by atoms with Crippen molar-refractivity contribution >= 4 is 56.9 Å². The first-order chi connectivity index (χ1) is 68.4. The second kappa shape index (κ2) is 39.8. The topological polar surface area (TPSA) is 32.4 Å². The molecule has 10 heterocycles. The van der Waals surface area contributed by atoms with Gasteiger partial charge in [-0.15, -0.1) is 0 Å². The van der Waals surface area contributed by atoms with Gasteiger partial charge in [0.05, 0.1) is 49.7 Å². The van der Waals surface area contributed by atoms with Gasteiger partial charge in [0.1, 0.15) is 36.4 Å². The third kappa shape index (κ3) is 15.7. The molecule has 11 aliphatic rings. The van der Waals surface area contributed by atoms with Crippen molar-refractivity contribution in [3.63, 3.8) is 0 Å². The van der Waals surface area contributed by atoms with Crippen LogP contribution in [-0.4, -0.2) is 55.3 Å². The first kappa shape index (κ1) is 91.8. The molecular formula is C131H148N10. The van der Waals surface area contributed by atoms with Crippen molar-refractivity contribution in [1.29, 1.82) is 0 Å². The van der Waals surface area contributed by atoms with Crippen molar-refractivity contribution in [2.24, 2.45) is 5.92 Å². The molecule has 7 atom stereocenters. The number of anilines is 5. The quantitative estimate of drug-likeness (QED) is 0.132. The van der Waals surface area contributed by atoms with E-state index in [1.807, 2.05) is 121 Å². The van der Waals surface area contributed by atoms with Crippen LogP contribution < -0.4 is 24.5 Å². The summed E-state index contributed by atoms with van der Waals surface area (Å²) in [5.74, 6) is 0.621. The Labute approximate surface area is 853 Å². The van der Waals surface area contributed by atoms with E-state index in [1.165, 1.54) is 149 Å². The SMILES string of the molecule is C.C.C.C.C.CC1=C2c3ccccc3C(c3ccccc3)(C3CCCC3)N2C(C)N1c1ccccc1C.CC1=C2c3ccccc3C(c3ccccc3)(c3ccccc3)N2C(C)N1c1ccccc1C.[2H]C([2H])([2H])C1N(c2ccccc2C)C(C)=C2c3ccccc3C(C)(C)N21.[2H]C1([2H])c2ccccc2C2=C(C)N(c3ccccc3C)C(C)N21.[2H]C1(c2ccccc2)c2ccccc2C2=C(C)N(c3ccccc3C)C(C)N21. The lowest BCUT2D eigenvalue weighted by atomic mass is 9.71. The fraction of sp³-hybridized carbons (Fsp3) is 0.282. The second-order valence-corrected chi connectivity index (χ2v) is 38.9. The van der Waals surface area contributed by atoms with Crippen LogP contribution in [0.15, 0.2) is 392 Å². The lowest BCUT2D eigenvalue weighted by molar-refractivity contribution is 0.114. The zero-order valence-electron chi connectivity index (χ0n) is 87.4. The van der Waals surface area contributed by atoms with E-state index >= 15 is 0 Å². The summed E-state index contributed by atoms with van der Waals surface area (Å²) < 4.78 is 52.0. The van der Waals surface area contributed by atoms with Crippen LogP contribution in [0.4, 0.5) is 28.4 Å². The highest BCUT2D eigenvalue weighted by atomic mass is 15.5. The summed E-state index contributed by atoms with van der Waals surface area (Å²) in [6.07, 6.45) is 4.92. The Morgan fingerprint density at radius 3 is 1.09 bits per heavy atom. The van der Waals surface area contributed by atoms with Gasteiger partial charge in [-0.05, 0) is 245 Å². The number of benzene rings is 14. The van der Waals surface area contributed by atoms with Crippen molar-refractivity contribution in [3.05, 3.63) is 498 Å².